The summed E-state index contributed by atoms with van der Waals surface area (Å²) in [5, 5.41) is -0.470. The van der Waals surface area contributed by atoms with Gasteiger partial charge in [-0.3, -0.25) is 0 Å². The molecule has 16 heavy (non-hydrogen) atoms. The van der Waals surface area contributed by atoms with Gasteiger partial charge in [-0.15, -0.1) is 0 Å². The van der Waals surface area contributed by atoms with Gasteiger partial charge in [0.05, 0.1) is 5.75 Å². The van der Waals surface area contributed by atoms with Crippen molar-refractivity contribution in [3.8, 4) is 0 Å². The van der Waals surface area contributed by atoms with Gasteiger partial charge in [-0.25, -0.2) is 13.4 Å². The van der Waals surface area contributed by atoms with Crippen LogP contribution >= 0.6 is 0 Å². The van der Waals surface area contributed by atoms with Crippen molar-refractivity contribution in [1.82, 2.24) is 4.98 Å². The maximum Gasteiger partial charge on any atom is 0.195 e. The zero-order valence-electron chi connectivity index (χ0n) is 9.27. The summed E-state index contributed by atoms with van der Waals surface area (Å²) in [5.41, 5.74) is 5.99. The number of oxazole rings is 1. The fraction of sp³-hybridized carbons (Fsp3) is 0.700. The molecule has 1 atom stereocenters. The van der Waals surface area contributed by atoms with Gasteiger partial charge < -0.3 is 10.2 Å². The minimum Gasteiger partial charge on any atom is -0.446 e. The summed E-state index contributed by atoms with van der Waals surface area (Å²) in [6.07, 6.45) is 1.91. The van der Waals surface area contributed by atoms with Gasteiger partial charge in [-0.05, 0) is 19.8 Å². The minimum atomic E-state index is -3.02. The van der Waals surface area contributed by atoms with Crippen molar-refractivity contribution in [3.05, 3.63) is 17.3 Å². The first-order valence-electron chi connectivity index (χ1n) is 5.42. The number of aryl methyl sites for hydroxylation is 1. The SMILES string of the molecule is Cc1oc(CCN)nc1C1CCCS1(=O)=O. The molecule has 0 spiro atoms. The number of nitrogens with zero attached hydrogens (tertiary/aromatic N) is 1. The van der Waals surface area contributed by atoms with Gasteiger partial charge in [0, 0.05) is 13.0 Å². The summed E-state index contributed by atoms with van der Waals surface area (Å²) in [7, 11) is -3.02. The van der Waals surface area contributed by atoms with Gasteiger partial charge in [0.15, 0.2) is 15.7 Å². The van der Waals surface area contributed by atoms with Crippen LogP contribution in [-0.4, -0.2) is 25.7 Å². The Labute approximate surface area is 95.0 Å². The lowest BCUT2D eigenvalue weighted by atomic mass is 10.2. The van der Waals surface area contributed by atoms with Crippen LogP contribution in [0.4, 0.5) is 0 Å². The topological polar surface area (TPSA) is 86.2 Å². The number of sulfone groups is 1. The first kappa shape index (κ1) is 11.6. The molecule has 1 aromatic heterocycles. The van der Waals surface area contributed by atoms with Crippen molar-refractivity contribution in [2.45, 2.75) is 31.4 Å². The molecular weight excluding hydrogens is 228 g/mol. The highest BCUT2D eigenvalue weighted by molar-refractivity contribution is 7.91. The van der Waals surface area contributed by atoms with Crippen molar-refractivity contribution in [1.29, 1.82) is 0 Å². The third kappa shape index (κ3) is 1.99. The summed E-state index contributed by atoms with van der Waals surface area (Å²) in [5.74, 6) is 1.41. The highest BCUT2D eigenvalue weighted by Crippen LogP contribution is 2.35. The molecule has 2 rings (SSSR count). The molecule has 0 bridgehead atoms. The molecule has 2 heterocycles. The third-order valence-electron chi connectivity index (χ3n) is 2.87. The van der Waals surface area contributed by atoms with E-state index in [-0.39, 0.29) is 5.75 Å². The maximum atomic E-state index is 11.8. The van der Waals surface area contributed by atoms with E-state index in [0.717, 1.165) is 0 Å². The maximum absolute atomic E-state index is 11.8. The molecule has 1 aliphatic rings. The summed E-state index contributed by atoms with van der Waals surface area (Å²) >= 11 is 0. The lowest BCUT2D eigenvalue weighted by Crippen LogP contribution is -2.09. The first-order chi connectivity index (χ1) is 7.54. The predicted octanol–water partition coefficient (Wildman–Crippen LogP) is 0.734. The molecule has 1 aromatic rings. The summed E-state index contributed by atoms with van der Waals surface area (Å²) in [6.45, 7) is 2.22. The second-order valence-corrected chi connectivity index (χ2v) is 6.39. The number of aromatic nitrogens is 1. The van der Waals surface area contributed by atoms with Crippen LogP contribution in [0.1, 0.15) is 35.4 Å². The molecule has 90 valence electrons. The zero-order chi connectivity index (χ0) is 11.8. The lowest BCUT2D eigenvalue weighted by Gasteiger charge is -2.05. The standard InChI is InChI=1S/C10H16N2O3S/c1-7-10(12-9(15-7)4-5-11)8-3-2-6-16(8,13)14/h8H,2-6,11H2,1H3. The second kappa shape index (κ2) is 4.18. The van der Waals surface area contributed by atoms with Crippen LogP contribution in [0.5, 0.6) is 0 Å². The highest BCUT2D eigenvalue weighted by atomic mass is 32.2. The Bertz CT molecular complexity index is 478. The van der Waals surface area contributed by atoms with E-state index in [4.69, 9.17) is 10.2 Å². The van der Waals surface area contributed by atoms with Gasteiger partial charge in [-0.2, -0.15) is 0 Å². The van der Waals surface area contributed by atoms with E-state index < -0.39 is 15.1 Å². The molecule has 0 aliphatic carbocycles. The number of hydrogen-bond acceptors (Lipinski definition) is 5. The molecule has 6 heteroatoms. The summed E-state index contributed by atoms with van der Waals surface area (Å²) < 4.78 is 29.0. The Morgan fingerprint density at radius 3 is 2.88 bits per heavy atom. The molecular formula is C10H16N2O3S. The van der Waals surface area contributed by atoms with Crippen LogP contribution in [0.2, 0.25) is 0 Å². The average Bonchev–Trinajstić information content (AvgIpc) is 2.70. The Hall–Kier alpha value is -0.880. The van der Waals surface area contributed by atoms with Crippen LogP contribution in [0.3, 0.4) is 0 Å². The largest absolute Gasteiger partial charge is 0.446 e. The molecule has 0 radical (unpaired) electrons. The van der Waals surface area contributed by atoms with E-state index in [1.54, 1.807) is 6.92 Å². The molecule has 0 amide bonds. The van der Waals surface area contributed by atoms with E-state index in [1.165, 1.54) is 0 Å². The second-order valence-electron chi connectivity index (χ2n) is 4.09. The molecule has 2 N–H and O–H groups in total. The van der Waals surface area contributed by atoms with Gasteiger partial charge in [0.25, 0.3) is 0 Å². The smallest absolute Gasteiger partial charge is 0.195 e. The van der Waals surface area contributed by atoms with E-state index in [2.05, 4.69) is 4.98 Å². The third-order valence-corrected chi connectivity index (χ3v) is 5.05. The fourth-order valence-corrected chi connectivity index (χ4v) is 4.03. The Morgan fingerprint density at radius 1 is 1.56 bits per heavy atom. The van der Waals surface area contributed by atoms with Crippen molar-refractivity contribution in [2.24, 2.45) is 5.73 Å². The van der Waals surface area contributed by atoms with E-state index in [1.807, 2.05) is 0 Å². The van der Waals surface area contributed by atoms with E-state index in [0.29, 0.717) is 43.2 Å². The number of hydrogen-bond donors (Lipinski definition) is 1. The number of nitrogens with two attached hydrogens (primary N) is 1. The van der Waals surface area contributed by atoms with Crippen LogP contribution in [0, 0.1) is 6.92 Å². The van der Waals surface area contributed by atoms with Gasteiger partial charge >= 0.3 is 0 Å². The molecule has 0 saturated carbocycles. The molecule has 0 aromatic carbocycles. The van der Waals surface area contributed by atoms with Gasteiger partial charge in [0.2, 0.25) is 0 Å². The van der Waals surface area contributed by atoms with Crippen molar-refractivity contribution in [2.75, 3.05) is 12.3 Å². The molecule has 1 fully saturated rings. The quantitative estimate of drug-likeness (QED) is 0.847. The molecule has 1 saturated heterocycles. The highest BCUT2D eigenvalue weighted by Gasteiger charge is 2.36. The fourth-order valence-electron chi connectivity index (χ4n) is 2.09. The van der Waals surface area contributed by atoms with Crippen LogP contribution in [-0.2, 0) is 16.3 Å². The van der Waals surface area contributed by atoms with Gasteiger partial charge in [0.1, 0.15) is 16.7 Å². The zero-order valence-corrected chi connectivity index (χ0v) is 10.1. The van der Waals surface area contributed by atoms with Crippen LogP contribution in [0.25, 0.3) is 0 Å². The predicted molar refractivity (Wildman–Crippen MR) is 59.8 cm³/mol. The first-order valence-corrected chi connectivity index (χ1v) is 7.14. The average molecular weight is 244 g/mol. The summed E-state index contributed by atoms with van der Waals surface area (Å²) in [6, 6.07) is 0. The number of rotatable bonds is 3. The molecule has 5 nitrogen and oxygen atoms in total. The Kier molecular flexibility index (Phi) is 3.03. The Balaban J connectivity index is 2.33. The minimum absolute atomic E-state index is 0.260. The summed E-state index contributed by atoms with van der Waals surface area (Å²) in [4.78, 5) is 4.25. The monoisotopic (exact) mass is 244 g/mol. The Morgan fingerprint density at radius 2 is 2.31 bits per heavy atom. The van der Waals surface area contributed by atoms with Crippen molar-refractivity contribution >= 4 is 9.84 Å². The van der Waals surface area contributed by atoms with Crippen LogP contribution in [0.15, 0.2) is 4.42 Å². The van der Waals surface area contributed by atoms with Crippen LogP contribution < -0.4 is 5.73 Å². The van der Waals surface area contributed by atoms with E-state index in [9.17, 15) is 8.42 Å². The molecule has 1 unspecified atom stereocenters. The lowest BCUT2D eigenvalue weighted by molar-refractivity contribution is 0.471. The molecule has 1 aliphatic heterocycles. The van der Waals surface area contributed by atoms with Crippen molar-refractivity contribution < 1.29 is 12.8 Å². The van der Waals surface area contributed by atoms with Gasteiger partial charge in [-0.1, -0.05) is 0 Å². The van der Waals surface area contributed by atoms with Crippen molar-refractivity contribution in [3.63, 3.8) is 0 Å². The normalized spacial score (nSPS) is 23.8. The van der Waals surface area contributed by atoms with E-state index >= 15 is 0 Å².